The molecule has 0 saturated carbocycles. The molecule has 0 aliphatic carbocycles. The van der Waals surface area contributed by atoms with Crippen molar-refractivity contribution in [3.63, 3.8) is 0 Å². The predicted molar refractivity (Wildman–Crippen MR) is 73.6 cm³/mol. The molecular weight excluding hydrogens is 246 g/mol. The molecule has 5 heteroatoms. The van der Waals surface area contributed by atoms with Gasteiger partial charge in [0.25, 0.3) is 0 Å². The summed E-state index contributed by atoms with van der Waals surface area (Å²) in [6.07, 6.45) is 0.982. The van der Waals surface area contributed by atoms with Crippen molar-refractivity contribution in [2.45, 2.75) is 20.3 Å². The number of nitrogens with zero attached hydrogens (tertiary/aromatic N) is 2. The van der Waals surface area contributed by atoms with Gasteiger partial charge in [0.05, 0.1) is 5.39 Å². The Labute approximate surface area is 108 Å². The molecule has 3 rings (SSSR count). The number of nitrogen functional groups attached to an aromatic ring is 1. The molecule has 3 aromatic rings. The minimum absolute atomic E-state index is 0.514. The smallest absolute Gasteiger partial charge is 0.199 e. The maximum absolute atomic E-state index is 5.98. The molecule has 3 aromatic heterocycles. The van der Waals surface area contributed by atoms with E-state index in [1.54, 1.807) is 11.3 Å². The van der Waals surface area contributed by atoms with Gasteiger partial charge >= 0.3 is 0 Å². The van der Waals surface area contributed by atoms with Gasteiger partial charge in [-0.3, -0.25) is 0 Å². The summed E-state index contributed by atoms with van der Waals surface area (Å²) < 4.78 is 5.53. The van der Waals surface area contributed by atoms with Gasteiger partial charge in [0.2, 0.25) is 0 Å². The van der Waals surface area contributed by atoms with Crippen LogP contribution in [0.5, 0.6) is 0 Å². The lowest BCUT2D eigenvalue weighted by atomic mass is 10.3. The molecule has 0 aliphatic heterocycles. The Kier molecular flexibility index (Phi) is 2.56. The van der Waals surface area contributed by atoms with Crippen LogP contribution in [0.15, 0.2) is 22.6 Å². The third-order valence-corrected chi connectivity index (χ3v) is 3.96. The summed E-state index contributed by atoms with van der Waals surface area (Å²) in [6, 6.07) is 5.82. The summed E-state index contributed by atoms with van der Waals surface area (Å²) in [5.41, 5.74) is 5.98. The predicted octanol–water partition coefficient (Wildman–Crippen LogP) is 3.40. The van der Waals surface area contributed by atoms with Gasteiger partial charge in [0.1, 0.15) is 16.4 Å². The van der Waals surface area contributed by atoms with E-state index >= 15 is 0 Å². The van der Waals surface area contributed by atoms with Crippen LogP contribution in [-0.4, -0.2) is 9.97 Å². The number of anilines is 1. The van der Waals surface area contributed by atoms with E-state index in [9.17, 15) is 0 Å². The first-order valence-electron chi connectivity index (χ1n) is 5.80. The Morgan fingerprint density at radius 2 is 2.17 bits per heavy atom. The highest BCUT2D eigenvalue weighted by atomic mass is 32.1. The standard InChI is InChI=1S/C13H13N3OS/c1-3-8-6-9-11(14)15-12(16-13(9)18-8)10-5-4-7(2)17-10/h4-6H,3H2,1-2H3,(H2,14,15,16). The van der Waals surface area contributed by atoms with Crippen molar-refractivity contribution in [3.05, 3.63) is 28.8 Å². The van der Waals surface area contributed by atoms with E-state index in [1.807, 2.05) is 19.1 Å². The molecule has 0 spiro atoms. The van der Waals surface area contributed by atoms with Gasteiger partial charge in [0, 0.05) is 4.88 Å². The average molecular weight is 259 g/mol. The van der Waals surface area contributed by atoms with Crippen molar-refractivity contribution in [2.75, 3.05) is 5.73 Å². The van der Waals surface area contributed by atoms with Gasteiger partial charge in [-0.05, 0) is 31.5 Å². The highest BCUT2D eigenvalue weighted by Crippen LogP contribution is 2.30. The Bertz CT molecular complexity index is 714. The fourth-order valence-electron chi connectivity index (χ4n) is 1.83. The van der Waals surface area contributed by atoms with E-state index in [-0.39, 0.29) is 0 Å². The van der Waals surface area contributed by atoms with Crippen LogP contribution in [0.4, 0.5) is 5.82 Å². The fourth-order valence-corrected chi connectivity index (χ4v) is 2.81. The molecule has 0 fully saturated rings. The zero-order chi connectivity index (χ0) is 12.7. The zero-order valence-electron chi connectivity index (χ0n) is 10.2. The minimum Gasteiger partial charge on any atom is -0.458 e. The SMILES string of the molecule is CCc1cc2c(N)nc(-c3ccc(C)o3)nc2s1. The Morgan fingerprint density at radius 1 is 1.33 bits per heavy atom. The van der Waals surface area contributed by atoms with Crippen LogP contribution in [0.3, 0.4) is 0 Å². The second-order valence-corrected chi connectivity index (χ2v) is 5.24. The van der Waals surface area contributed by atoms with Gasteiger partial charge in [-0.2, -0.15) is 0 Å². The molecule has 4 nitrogen and oxygen atoms in total. The van der Waals surface area contributed by atoms with E-state index in [1.165, 1.54) is 4.88 Å². The molecule has 18 heavy (non-hydrogen) atoms. The molecule has 0 saturated heterocycles. The van der Waals surface area contributed by atoms with Crippen molar-refractivity contribution >= 4 is 27.4 Å². The summed E-state index contributed by atoms with van der Waals surface area (Å²) in [6.45, 7) is 4.01. The zero-order valence-corrected chi connectivity index (χ0v) is 11.0. The Hall–Kier alpha value is -1.88. The van der Waals surface area contributed by atoms with Gasteiger partial charge in [-0.15, -0.1) is 11.3 Å². The number of aromatic nitrogens is 2. The second kappa shape index (κ2) is 4.10. The third-order valence-electron chi connectivity index (χ3n) is 2.78. The molecule has 92 valence electrons. The first kappa shape index (κ1) is 11.2. The van der Waals surface area contributed by atoms with Gasteiger partial charge in [-0.25, -0.2) is 9.97 Å². The van der Waals surface area contributed by atoms with E-state index in [0.717, 1.165) is 22.4 Å². The summed E-state index contributed by atoms with van der Waals surface area (Å²) in [5.74, 6) is 2.57. The number of rotatable bonds is 2. The number of thiophene rings is 1. The van der Waals surface area contributed by atoms with Gasteiger partial charge in [0.15, 0.2) is 11.6 Å². The van der Waals surface area contributed by atoms with E-state index in [4.69, 9.17) is 10.2 Å². The molecule has 0 atom stereocenters. The lowest BCUT2D eigenvalue weighted by Gasteiger charge is -1.99. The van der Waals surface area contributed by atoms with Crippen molar-refractivity contribution in [1.82, 2.24) is 9.97 Å². The van der Waals surface area contributed by atoms with Crippen molar-refractivity contribution in [1.29, 1.82) is 0 Å². The normalized spacial score (nSPS) is 11.2. The molecule has 0 unspecified atom stereocenters. The lowest BCUT2D eigenvalue weighted by molar-refractivity contribution is 0.544. The largest absolute Gasteiger partial charge is 0.458 e. The lowest BCUT2D eigenvalue weighted by Crippen LogP contribution is -1.95. The second-order valence-electron chi connectivity index (χ2n) is 4.13. The molecular formula is C13H13N3OS. The first-order chi connectivity index (χ1) is 8.67. The van der Waals surface area contributed by atoms with Crippen molar-refractivity contribution < 1.29 is 4.42 Å². The van der Waals surface area contributed by atoms with Crippen LogP contribution < -0.4 is 5.73 Å². The van der Waals surface area contributed by atoms with Crippen LogP contribution in [0.2, 0.25) is 0 Å². The molecule has 0 bridgehead atoms. The Balaban J connectivity index is 2.20. The summed E-state index contributed by atoms with van der Waals surface area (Å²) in [4.78, 5) is 11.0. The number of aryl methyl sites for hydroxylation is 2. The Morgan fingerprint density at radius 3 is 2.83 bits per heavy atom. The third kappa shape index (κ3) is 1.76. The molecule has 0 amide bonds. The highest BCUT2D eigenvalue weighted by molar-refractivity contribution is 7.18. The first-order valence-corrected chi connectivity index (χ1v) is 6.61. The quantitative estimate of drug-likeness (QED) is 0.766. The topological polar surface area (TPSA) is 64.9 Å². The number of fused-ring (bicyclic) bond motifs is 1. The van der Waals surface area contributed by atoms with Crippen LogP contribution in [0.25, 0.3) is 21.8 Å². The van der Waals surface area contributed by atoms with E-state index in [0.29, 0.717) is 17.4 Å². The number of hydrogen-bond acceptors (Lipinski definition) is 5. The number of hydrogen-bond donors (Lipinski definition) is 1. The van der Waals surface area contributed by atoms with Crippen LogP contribution >= 0.6 is 11.3 Å². The maximum atomic E-state index is 5.98. The highest BCUT2D eigenvalue weighted by Gasteiger charge is 2.12. The monoisotopic (exact) mass is 259 g/mol. The summed E-state index contributed by atoms with van der Waals surface area (Å²) in [7, 11) is 0. The summed E-state index contributed by atoms with van der Waals surface area (Å²) >= 11 is 1.65. The van der Waals surface area contributed by atoms with E-state index < -0.39 is 0 Å². The molecule has 3 heterocycles. The van der Waals surface area contributed by atoms with Gasteiger partial charge < -0.3 is 10.2 Å². The number of furan rings is 1. The fraction of sp³-hybridized carbons (Fsp3) is 0.231. The van der Waals surface area contributed by atoms with Crippen LogP contribution in [0, 0.1) is 6.92 Å². The summed E-state index contributed by atoms with van der Waals surface area (Å²) in [5, 5.41) is 0.934. The van der Waals surface area contributed by atoms with Crippen molar-refractivity contribution in [3.8, 4) is 11.6 Å². The minimum atomic E-state index is 0.514. The number of nitrogens with two attached hydrogens (primary N) is 1. The maximum Gasteiger partial charge on any atom is 0.199 e. The molecule has 0 aromatic carbocycles. The van der Waals surface area contributed by atoms with Gasteiger partial charge in [-0.1, -0.05) is 6.92 Å². The average Bonchev–Trinajstić information content (AvgIpc) is 2.94. The van der Waals surface area contributed by atoms with Crippen molar-refractivity contribution in [2.24, 2.45) is 0 Å². The van der Waals surface area contributed by atoms with Crippen LogP contribution in [-0.2, 0) is 6.42 Å². The molecule has 0 aliphatic rings. The molecule has 0 radical (unpaired) electrons. The van der Waals surface area contributed by atoms with E-state index in [2.05, 4.69) is 23.0 Å². The van der Waals surface area contributed by atoms with Crippen LogP contribution in [0.1, 0.15) is 17.6 Å². The molecule has 2 N–H and O–H groups in total.